The molecule has 1 atom stereocenters. The fourth-order valence-corrected chi connectivity index (χ4v) is 1.53. The van der Waals surface area contributed by atoms with Crippen LogP contribution in [0.3, 0.4) is 0 Å². The lowest BCUT2D eigenvalue weighted by molar-refractivity contribution is -0.141. The molecule has 0 aromatic rings. The van der Waals surface area contributed by atoms with Gasteiger partial charge in [-0.2, -0.15) is 0 Å². The molecule has 1 heterocycles. The van der Waals surface area contributed by atoms with Gasteiger partial charge in [-0.15, -0.1) is 0 Å². The maximum Gasteiger partial charge on any atom is 0.302 e. The molecule has 0 unspecified atom stereocenters. The Bertz CT molecular complexity index is 167. The van der Waals surface area contributed by atoms with Gasteiger partial charge in [0.2, 0.25) is 0 Å². The zero-order valence-corrected chi connectivity index (χ0v) is 8.38. The van der Waals surface area contributed by atoms with Gasteiger partial charge in [-0.3, -0.25) is 9.69 Å². The summed E-state index contributed by atoms with van der Waals surface area (Å²) >= 11 is 0. The maximum absolute atomic E-state index is 10.5. The van der Waals surface area contributed by atoms with Crippen molar-refractivity contribution in [3.8, 4) is 0 Å². The minimum Gasteiger partial charge on any atom is -0.465 e. The molecule has 0 radical (unpaired) electrons. The summed E-state index contributed by atoms with van der Waals surface area (Å²) in [6.45, 7) is 4.92. The first-order valence-corrected chi connectivity index (χ1v) is 4.74. The lowest BCUT2D eigenvalue weighted by Gasteiger charge is -2.22. The fraction of sp³-hybridized carbons (Fsp3) is 0.889. The molecule has 0 saturated carbocycles. The second kappa shape index (κ2) is 5.19. The van der Waals surface area contributed by atoms with E-state index in [-0.39, 0.29) is 5.97 Å². The van der Waals surface area contributed by atoms with Crippen LogP contribution in [-0.2, 0) is 9.53 Å². The lowest BCUT2D eigenvalue weighted by atomic mass is 10.2. The fourth-order valence-electron chi connectivity index (χ4n) is 1.53. The van der Waals surface area contributed by atoms with Crippen LogP contribution in [0, 0.1) is 0 Å². The highest BCUT2D eigenvalue weighted by Crippen LogP contribution is 2.04. The third kappa shape index (κ3) is 3.74. The molecule has 4 heteroatoms. The predicted molar refractivity (Wildman–Crippen MR) is 50.5 cm³/mol. The van der Waals surface area contributed by atoms with Crippen molar-refractivity contribution < 1.29 is 9.53 Å². The van der Waals surface area contributed by atoms with Crippen LogP contribution < -0.4 is 5.32 Å². The molecule has 76 valence electrons. The normalized spacial score (nSPS) is 22.2. The zero-order valence-electron chi connectivity index (χ0n) is 8.38. The van der Waals surface area contributed by atoms with Gasteiger partial charge in [-0.1, -0.05) is 0 Å². The molecule has 1 aliphatic heterocycles. The Morgan fingerprint density at radius 1 is 1.69 bits per heavy atom. The van der Waals surface area contributed by atoms with Crippen molar-refractivity contribution >= 4 is 5.97 Å². The Kier molecular flexibility index (Phi) is 4.18. The van der Waals surface area contributed by atoms with Crippen LogP contribution in [0.4, 0.5) is 0 Å². The van der Waals surface area contributed by atoms with Gasteiger partial charge < -0.3 is 10.1 Å². The molecule has 0 aromatic heterocycles. The van der Waals surface area contributed by atoms with Crippen molar-refractivity contribution in [2.45, 2.75) is 19.4 Å². The van der Waals surface area contributed by atoms with Crippen LogP contribution in [0.1, 0.15) is 13.3 Å². The van der Waals surface area contributed by atoms with Gasteiger partial charge in [0.15, 0.2) is 0 Å². The molecular formula is C9H18N2O2. The Morgan fingerprint density at radius 3 is 3.00 bits per heavy atom. The smallest absolute Gasteiger partial charge is 0.302 e. The maximum atomic E-state index is 10.5. The van der Waals surface area contributed by atoms with E-state index in [1.165, 1.54) is 13.3 Å². The van der Waals surface area contributed by atoms with Crippen molar-refractivity contribution in [2.24, 2.45) is 0 Å². The third-order valence-corrected chi connectivity index (χ3v) is 2.41. The minimum atomic E-state index is -0.196. The Labute approximate surface area is 79.2 Å². The van der Waals surface area contributed by atoms with Gasteiger partial charge in [0.05, 0.1) is 0 Å². The number of nitrogens with zero attached hydrogens (tertiary/aromatic N) is 1. The van der Waals surface area contributed by atoms with E-state index in [9.17, 15) is 4.79 Å². The SMILES string of the molecule is CC(=O)OCCN(C)[C@H]1CCNC1. The number of rotatable bonds is 4. The van der Waals surface area contributed by atoms with E-state index >= 15 is 0 Å². The highest BCUT2D eigenvalue weighted by Gasteiger charge is 2.18. The van der Waals surface area contributed by atoms with E-state index in [1.54, 1.807) is 0 Å². The summed E-state index contributed by atoms with van der Waals surface area (Å²) in [5.41, 5.74) is 0. The van der Waals surface area contributed by atoms with Crippen molar-refractivity contribution in [1.29, 1.82) is 0 Å². The molecular weight excluding hydrogens is 168 g/mol. The molecule has 4 nitrogen and oxygen atoms in total. The van der Waals surface area contributed by atoms with Crippen LogP contribution in [0.5, 0.6) is 0 Å². The molecule has 1 aliphatic rings. The number of hydrogen-bond acceptors (Lipinski definition) is 4. The van der Waals surface area contributed by atoms with E-state index in [0.29, 0.717) is 12.6 Å². The molecule has 0 amide bonds. The number of ether oxygens (including phenoxy) is 1. The number of nitrogens with one attached hydrogen (secondary N) is 1. The highest BCUT2D eigenvalue weighted by atomic mass is 16.5. The van der Waals surface area contributed by atoms with Crippen molar-refractivity contribution in [3.05, 3.63) is 0 Å². The predicted octanol–water partition coefficient (Wildman–Crippen LogP) is -0.157. The van der Waals surface area contributed by atoms with Crippen LogP contribution >= 0.6 is 0 Å². The minimum absolute atomic E-state index is 0.196. The quantitative estimate of drug-likeness (QED) is 0.620. The molecule has 0 spiro atoms. The first-order valence-electron chi connectivity index (χ1n) is 4.74. The van der Waals surface area contributed by atoms with E-state index < -0.39 is 0 Å². The monoisotopic (exact) mass is 186 g/mol. The van der Waals surface area contributed by atoms with Crippen LogP contribution in [0.2, 0.25) is 0 Å². The molecule has 1 saturated heterocycles. The largest absolute Gasteiger partial charge is 0.465 e. The third-order valence-electron chi connectivity index (χ3n) is 2.41. The van der Waals surface area contributed by atoms with E-state index in [0.717, 1.165) is 19.6 Å². The average Bonchev–Trinajstić information content (AvgIpc) is 2.55. The second-order valence-corrected chi connectivity index (χ2v) is 3.47. The number of esters is 1. The van der Waals surface area contributed by atoms with Gasteiger partial charge in [0, 0.05) is 26.1 Å². The van der Waals surface area contributed by atoms with E-state index in [4.69, 9.17) is 4.74 Å². The number of likely N-dealkylation sites (N-methyl/N-ethyl adjacent to an activating group) is 1. The molecule has 1 fully saturated rings. The molecule has 1 N–H and O–H groups in total. The van der Waals surface area contributed by atoms with Crippen molar-refractivity contribution in [2.75, 3.05) is 33.3 Å². The molecule has 0 bridgehead atoms. The summed E-state index contributed by atoms with van der Waals surface area (Å²) in [4.78, 5) is 12.7. The number of carbonyl (C=O) groups excluding carboxylic acids is 1. The Morgan fingerprint density at radius 2 is 2.46 bits per heavy atom. The van der Waals surface area contributed by atoms with Gasteiger partial charge in [0.1, 0.15) is 6.61 Å². The summed E-state index contributed by atoms with van der Waals surface area (Å²) in [5, 5.41) is 3.30. The van der Waals surface area contributed by atoms with Crippen LogP contribution in [-0.4, -0.2) is 50.2 Å². The number of hydrogen-bond donors (Lipinski definition) is 1. The van der Waals surface area contributed by atoms with Gasteiger partial charge in [0.25, 0.3) is 0 Å². The van der Waals surface area contributed by atoms with Crippen molar-refractivity contribution in [1.82, 2.24) is 10.2 Å². The highest BCUT2D eigenvalue weighted by molar-refractivity contribution is 5.65. The van der Waals surface area contributed by atoms with Crippen LogP contribution in [0.15, 0.2) is 0 Å². The summed E-state index contributed by atoms with van der Waals surface area (Å²) in [6.07, 6.45) is 1.19. The van der Waals surface area contributed by atoms with E-state index in [1.807, 2.05) is 0 Å². The topological polar surface area (TPSA) is 41.6 Å². The Hall–Kier alpha value is -0.610. The van der Waals surface area contributed by atoms with Gasteiger partial charge in [-0.05, 0) is 20.0 Å². The average molecular weight is 186 g/mol. The lowest BCUT2D eigenvalue weighted by Crippen LogP contribution is -2.36. The summed E-state index contributed by atoms with van der Waals surface area (Å²) in [5.74, 6) is -0.196. The van der Waals surface area contributed by atoms with Crippen LogP contribution in [0.25, 0.3) is 0 Å². The summed E-state index contributed by atoms with van der Waals surface area (Å²) in [7, 11) is 2.07. The molecule has 13 heavy (non-hydrogen) atoms. The molecule has 1 rings (SSSR count). The van der Waals surface area contributed by atoms with Gasteiger partial charge >= 0.3 is 5.97 Å². The van der Waals surface area contributed by atoms with Crippen molar-refractivity contribution in [3.63, 3.8) is 0 Å². The molecule has 0 aliphatic carbocycles. The standard InChI is InChI=1S/C9H18N2O2/c1-8(12)13-6-5-11(2)9-3-4-10-7-9/h9-10H,3-7H2,1-2H3/t9-/m0/s1. The number of carbonyl (C=O) groups is 1. The van der Waals surface area contributed by atoms with E-state index in [2.05, 4.69) is 17.3 Å². The molecule has 0 aromatic carbocycles. The summed E-state index contributed by atoms with van der Waals surface area (Å²) < 4.78 is 4.87. The first-order chi connectivity index (χ1) is 6.20. The zero-order chi connectivity index (χ0) is 9.68. The Balaban J connectivity index is 2.09. The first kappa shape index (κ1) is 10.5. The second-order valence-electron chi connectivity index (χ2n) is 3.47. The van der Waals surface area contributed by atoms with Gasteiger partial charge in [-0.25, -0.2) is 0 Å². The summed E-state index contributed by atoms with van der Waals surface area (Å²) in [6, 6.07) is 0.607.